The van der Waals surface area contributed by atoms with Gasteiger partial charge in [-0.05, 0) is 74.3 Å². The molecule has 60 heavy (non-hydrogen) atoms. The predicted octanol–water partition coefficient (Wildman–Crippen LogP) is 4.78. The van der Waals surface area contributed by atoms with Crippen LogP contribution in [0.15, 0.2) is 59.0 Å². The summed E-state index contributed by atoms with van der Waals surface area (Å²) in [5.74, 6) is 3.56. The van der Waals surface area contributed by atoms with Crippen molar-refractivity contribution in [2.45, 2.75) is 105 Å². The van der Waals surface area contributed by atoms with Crippen molar-refractivity contribution in [2.75, 3.05) is 77.5 Å². The summed E-state index contributed by atoms with van der Waals surface area (Å²) < 4.78 is 6.02. The van der Waals surface area contributed by atoms with Crippen molar-refractivity contribution in [3.8, 4) is 5.88 Å². The number of hydrogen-bond acceptors (Lipinski definition) is 14. The molecule has 3 aliphatic heterocycles. The Morgan fingerprint density at radius 1 is 1.02 bits per heavy atom. The Morgan fingerprint density at radius 3 is 2.37 bits per heavy atom. The normalized spacial score (nSPS) is 21.5. The Hall–Kier alpha value is -4.60. The lowest BCUT2D eigenvalue weighted by atomic mass is 9.52. The molecule has 1 saturated carbocycles. The number of aliphatic imine (C=N–C) groups is 1. The lowest BCUT2D eigenvalue weighted by Crippen LogP contribution is -2.63. The summed E-state index contributed by atoms with van der Waals surface area (Å²) in [5.41, 5.74) is 2.56. The number of piperazine rings is 1. The fourth-order valence-electron chi connectivity index (χ4n) is 9.63. The SMILES string of the molecule is CC/C(C=N)=C1\N=C(N2CCCCC2CCO)C=C(NCc2ccc(OCCCN3CCN(CCCN(C)c4ncc(C(=O)NC5C(C)(C)CC5(C)C)cn4)CC3)nc2)N1. The first-order chi connectivity index (χ1) is 28.9. The number of aliphatic hydroxyl groups is 1. The minimum Gasteiger partial charge on any atom is -0.478 e. The van der Waals surface area contributed by atoms with Gasteiger partial charge in [0.15, 0.2) is 0 Å². The third-order valence-corrected chi connectivity index (χ3v) is 12.6. The van der Waals surface area contributed by atoms with Crippen LogP contribution in [0.25, 0.3) is 0 Å². The zero-order valence-corrected chi connectivity index (χ0v) is 37.0. The standard InChI is InChI=1S/C45H70N12O3/c1-7-34(27-46)40-51-37(26-38(52-40)57-19-9-8-12-36(57)15-24-58)47-28-33-13-14-39(48-29-33)60-25-11-18-56-22-20-55(21-23-56)17-10-16-54(6)43-49-30-35(31-50-43)41(59)53-42-44(2,3)32-45(42,4)5/h13-14,26-27,29-31,36,42,46-47,51,58H,7-12,15-25,28,32H2,1-6H3,(H,53,59)/b40-34+,46-27?. The van der Waals surface area contributed by atoms with Crippen LogP contribution in [-0.2, 0) is 6.54 Å². The first kappa shape index (κ1) is 44.9. The molecule has 15 nitrogen and oxygen atoms in total. The molecule has 1 amide bonds. The van der Waals surface area contributed by atoms with Gasteiger partial charge < -0.3 is 50.8 Å². The largest absolute Gasteiger partial charge is 0.478 e. The average molecular weight is 827 g/mol. The number of rotatable bonds is 19. The molecule has 5 N–H and O–H groups in total. The molecule has 1 unspecified atom stereocenters. The molecule has 0 bridgehead atoms. The van der Waals surface area contributed by atoms with Crippen LogP contribution < -0.4 is 25.6 Å². The fourth-order valence-corrected chi connectivity index (χ4v) is 9.63. The highest BCUT2D eigenvalue weighted by Crippen LogP contribution is 2.53. The maximum atomic E-state index is 12.9. The van der Waals surface area contributed by atoms with Crippen molar-refractivity contribution in [2.24, 2.45) is 15.8 Å². The Labute approximate surface area is 357 Å². The van der Waals surface area contributed by atoms with Crippen LogP contribution >= 0.6 is 0 Å². The maximum Gasteiger partial charge on any atom is 0.254 e. The van der Waals surface area contributed by atoms with Gasteiger partial charge in [0.1, 0.15) is 17.5 Å². The molecule has 0 radical (unpaired) electrons. The Balaban J connectivity index is 0.856. The molecule has 6 rings (SSSR count). The molecule has 15 heteroatoms. The van der Waals surface area contributed by atoms with E-state index in [1.54, 1.807) is 12.4 Å². The van der Waals surface area contributed by atoms with E-state index in [2.05, 4.69) is 78.2 Å². The van der Waals surface area contributed by atoms with E-state index in [1.165, 1.54) is 6.21 Å². The Morgan fingerprint density at radius 2 is 1.73 bits per heavy atom. The van der Waals surface area contributed by atoms with E-state index >= 15 is 0 Å². The predicted molar refractivity (Wildman–Crippen MR) is 238 cm³/mol. The molecule has 0 spiro atoms. The number of aliphatic hydroxyl groups excluding tert-OH is 1. The lowest BCUT2D eigenvalue weighted by Gasteiger charge is -2.57. The van der Waals surface area contributed by atoms with Gasteiger partial charge in [0.25, 0.3) is 5.91 Å². The van der Waals surface area contributed by atoms with E-state index in [-0.39, 0.29) is 35.4 Å². The number of anilines is 1. The number of nitrogens with one attached hydrogen (secondary N) is 4. The van der Waals surface area contributed by atoms with Crippen molar-refractivity contribution >= 4 is 23.9 Å². The van der Waals surface area contributed by atoms with Crippen LogP contribution in [0.5, 0.6) is 5.88 Å². The van der Waals surface area contributed by atoms with Crippen LogP contribution in [0.1, 0.15) is 102 Å². The van der Waals surface area contributed by atoms with Crippen molar-refractivity contribution in [3.63, 3.8) is 0 Å². The van der Waals surface area contributed by atoms with Gasteiger partial charge in [-0.2, -0.15) is 0 Å². The second kappa shape index (κ2) is 20.8. The Bertz CT molecular complexity index is 1800. The second-order valence-electron chi connectivity index (χ2n) is 18.2. The number of amides is 1. The van der Waals surface area contributed by atoms with E-state index in [1.807, 2.05) is 38.4 Å². The third kappa shape index (κ3) is 11.8. The van der Waals surface area contributed by atoms with Gasteiger partial charge >= 0.3 is 0 Å². The highest BCUT2D eigenvalue weighted by atomic mass is 16.5. The van der Waals surface area contributed by atoms with Gasteiger partial charge in [-0.25, -0.2) is 19.9 Å². The number of amidine groups is 1. The number of pyridine rings is 1. The van der Waals surface area contributed by atoms with Crippen molar-refractivity contribution < 1.29 is 14.6 Å². The summed E-state index contributed by atoms with van der Waals surface area (Å²) in [6, 6.07) is 4.37. The van der Waals surface area contributed by atoms with Crippen molar-refractivity contribution in [1.82, 2.24) is 45.6 Å². The smallest absolute Gasteiger partial charge is 0.254 e. The van der Waals surface area contributed by atoms with Gasteiger partial charge in [-0.15, -0.1) is 0 Å². The zero-order chi connectivity index (χ0) is 42.7. The topological polar surface area (TPSA) is 170 Å². The first-order valence-electron chi connectivity index (χ1n) is 22.2. The molecule has 2 saturated heterocycles. The van der Waals surface area contributed by atoms with E-state index in [9.17, 15) is 9.90 Å². The zero-order valence-electron chi connectivity index (χ0n) is 37.0. The summed E-state index contributed by atoms with van der Waals surface area (Å²) in [5, 5.41) is 27.7. The summed E-state index contributed by atoms with van der Waals surface area (Å²) in [7, 11) is 2.01. The minimum absolute atomic E-state index is 0.0932. The molecule has 328 valence electrons. The number of piperidine rings is 1. The van der Waals surface area contributed by atoms with Crippen molar-refractivity contribution in [1.29, 1.82) is 5.41 Å². The van der Waals surface area contributed by atoms with Gasteiger partial charge in [0, 0.05) is 121 Å². The number of aromatic nitrogens is 3. The summed E-state index contributed by atoms with van der Waals surface area (Å²) in [4.78, 5) is 40.9. The third-order valence-electron chi connectivity index (χ3n) is 12.6. The molecule has 3 fully saturated rings. The Kier molecular flexibility index (Phi) is 15.6. The van der Waals surface area contributed by atoms with E-state index in [4.69, 9.17) is 15.1 Å². The van der Waals surface area contributed by atoms with Gasteiger partial charge in [-0.1, -0.05) is 40.7 Å². The van der Waals surface area contributed by atoms with E-state index < -0.39 is 0 Å². The van der Waals surface area contributed by atoms with Crippen LogP contribution in [0.3, 0.4) is 0 Å². The van der Waals surface area contributed by atoms with Crippen molar-refractivity contribution in [3.05, 3.63) is 65.1 Å². The fraction of sp³-hybridized carbons (Fsp3) is 0.644. The van der Waals surface area contributed by atoms with Crippen LogP contribution in [0.4, 0.5) is 5.95 Å². The molecular formula is C45H70N12O3. The summed E-state index contributed by atoms with van der Waals surface area (Å²) in [6.45, 7) is 20.2. The van der Waals surface area contributed by atoms with Crippen LogP contribution in [-0.4, -0.2) is 137 Å². The molecule has 1 aliphatic carbocycles. The number of allylic oxidation sites excluding steroid dienone is 1. The molecule has 1 atom stereocenters. The highest BCUT2D eigenvalue weighted by molar-refractivity contribution is 5.96. The van der Waals surface area contributed by atoms with Crippen LogP contribution in [0.2, 0.25) is 0 Å². The van der Waals surface area contributed by atoms with E-state index in [0.29, 0.717) is 42.8 Å². The number of hydrogen-bond donors (Lipinski definition) is 5. The van der Waals surface area contributed by atoms with Gasteiger partial charge in [0.05, 0.1) is 12.2 Å². The molecule has 0 aromatic carbocycles. The number of carbonyl (C=O) groups is 1. The number of nitrogens with zero attached hydrogens (tertiary/aromatic N) is 8. The molecular weight excluding hydrogens is 757 g/mol. The highest BCUT2D eigenvalue weighted by Gasteiger charge is 2.53. The summed E-state index contributed by atoms with van der Waals surface area (Å²) >= 11 is 0. The molecule has 2 aromatic rings. The van der Waals surface area contributed by atoms with Gasteiger partial charge in [-0.3, -0.25) is 4.79 Å². The van der Waals surface area contributed by atoms with E-state index in [0.717, 1.165) is 120 Å². The minimum atomic E-state index is -0.105. The van der Waals surface area contributed by atoms with Gasteiger partial charge in [0.2, 0.25) is 11.8 Å². The lowest BCUT2D eigenvalue weighted by molar-refractivity contribution is -0.0366. The molecule has 4 aliphatic rings. The first-order valence-corrected chi connectivity index (χ1v) is 22.2. The second-order valence-corrected chi connectivity index (χ2v) is 18.2. The quantitative estimate of drug-likeness (QED) is 0.0973. The molecule has 2 aromatic heterocycles. The number of likely N-dealkylation sites (tertiary alicyclic amines) is 1. The maximum absolute atomic E-state index is 12.9. The van der Waals surface area contributed by atoms with Crippen LogP contribution in [0, 0.1) is 16.2 Å². The average Bonchev–Trinajstić information content (AvgIpc) is 3.24. The monoisotopic (exact) mass is 827 g/mol. The number of carbonyl (C=O) groups excluding carboxylic acids is 1. The number of ether oxygens (including phenoxy) is 1. The molecule has 5 heterocycles. The summed E-state index contributed by atoms with van der Waals surface area (Å²) in [6.07, 6.45) is 16.3.